The first-order chi connectivity index (χ1) is 5.85. The second-order valence-corrected chi connectivity index (χ2v) is 2.99. The lowest BCUT2D eigenvalue weighted by Gasteiger charge is -2.05. The van der Waals surface area contributed by atoms with Crippen LogP contribution in [0.25, 0.3) is 0 Å². The average Bonchev–Trinajstić information content (AvgIpc) is 2.10. The Morgan fingerprint density at radius 1 is 1.17 bits per heavy atom. The lowest BCUT2D eigenvalue weighted by Crippen LogP contribution is -1.99. The molecule has 1 heteroatoms. The van der Waals surface area contributed by atoms with Crippen molar-refractivity contribution < 1.29 is 4.79 Å². The van der Waals surface area contributed by atoms with Gasteiger partial charge in [0.1, 0.15) is 6.29 Å². The Morgan fingerprint density at radius 3 is 2.42 bits per heavy atom. The first-order valence-corrected chi connectivity index (χ1v) is 4.52. The van der Waals surface area contributed by atoms with Gasteiger partial charge >= 0.3 is 0 Å². The minimum atomic E-state index is 0.187. The molecule has 0 saturated heterocycles. The van der Waals surface area contributed by atoms with Crippen molar-refractivity contribution >= 4 is 6.29 Å². The van der Waals surface area contributed by atoms with Crippen LogP contribution in [0.3, 0.4) is 0 Å². The largest absolute Gasteiger partial charge is 0.303 e. The summed E-state index contributed by atoms with van der Waals surface area (Å²) in [4.78, 5) is 10.5. The predicted molar refractivity (Wildman–Crippen MR) is 53.0 cm³/mol. The minimum absolute atomic E-state index is 0.187. The molecule has 0 aliphatic rings. The van der Waals surface area contributed by atoms with Gasteiger partial charge in [0.05, 0.1) is 0 Å². The highest BCUT2D eigenvalue weighted by Gasteiger charge is 2.03. The van der Waals surface area contributed by atoms with Crippen LogP contribution >= 0.6 is 0 Å². The van der Waals surface area contributed by atoms with Gasteiger partial charge < -0.3 is 4.79 Å². The van der Waals surface area contributed by atoms with Crippen molar-refractivity contribution in [3.63, 3.8) is 0 Å². The lowest BCUT2D eigenvalue weighted by molar-refractivity contribution is -0.111. The maximum Gasteiger partial charge on any atom is 0.123 e. The molecule has 0 aromatic carbocycles. The molecule has 0 rings (SSSR count). The molecule has 68 valence electrons. The van der Waals surface area contributed by atoms with Crippen LogP contribution in [0.5, 0.6) is 0 Å². The number of carbonyl (C=O) groups excluding carboxylic acids is 1. The Bertz CT molecular complexity index is 138. The van der Waals surface area contributed by atoms with Crippen molar-refractivity contribution in [2.75, 3.05) is 0 Å². The van der Waals surface area contributed by atoms with E-state index in [2.05, 4.69) is 13.2 Å². The van der Waals surface area contributed by atoms with E-state index in [0.717, 1.165) is 38.4 Å². The Morgan fingerprint density at radius 2 is 1.92 bits per heavy atom. The second kappa shape index (κ2) is 8.25. The van der Waals surface area contributed by atoms with Crippen molar-refractivity contribution in [1.82, 2.24) is 0 Å². The van der Waals surface area contributed by atoms with Gasteiger partial charge in [0.2, 0.25) is 0 Å². The molecular weight excluding hydrogens is 148 g/mol. The number of hydrogen-bond donors (Lipinski definition) is 0. The van der Waals surface area contributed by atoms with E-state index >= 15 is 0 Å². The van der Waals surface area contributed by atoms with Crippen molar-refractivity contribution in [3.05, 3.63) is 25.3 Å². The number of aldehydes is 1. The van der Waals surface area contributed by atoms with E-state index < -0.39 is 0 Å². The Kier molecular flexibility index (Phi) is 7.66. The van der Waals surface area contributed by atoms with Crippen LogP contribution in [0.2, 0.25) is 0 Å². The molecular formula is C11H18O. The molecule has 0 spiro atoms. The molecule has 0 bridgehead atoms. The molecule has 0 aromatic heterocycles. The highest BCUT2D eigenvalue weighted by Crippen LogP contribution is 2.11. The fourth-order valence-electron chi connectivity index (χ4n) is 1.15. The summed E-state index contributed by atoms with van der Waals surface area (Å²) in [7, 11) is 0. The topological polar surface area (TPSA) is 17.1 Å². The molecule has 1 atom stereocenters. The molecule has 1 unspecified atom stereocenters. The number of unbranched alkanes of at least 4 members (excludes halogenated alkanes) is 2. The summed E-state index contributed by atoms with van der Waals surface area (Å²) in [6.07, 6.45) is 9.89. The summed E-state index contributed by atoms with van der Waals surface area (Å²) >= 11 is 0. The van der Waals surface area contributed by atoms with Gasteiger partial charge in [-0.2, -0.15) is 0 Å². The highest BCUT2D eigenvalue weighted by atomic mass is 16.1. The molecule has 0 amide bonds. The van der Waals surface area contributed by atoms with Crippen molar-refractivity contribution in [2.45, 2.75) is 32.1 Å². The molecule has 0 aliphatic carbocycles. The summed E-state index contributed by atoms with van der Waals surface area (Å²) in [5, 5.41) is 0. The van der Waals surface area contributed by atoms with Crippen LogP contribution in [-0.2, 0) is 4.79 Å². The van der Waals surface area contributed by atoms with Gasteiger partial charge in [0, 0.05) is 5.92 Å². The van der Waals surface area contributed by atoms with E-state index in [4.69, 9.17) is 0 Å². The molecule has 0 radical (unpaired) electrons. The van der Waals surface area contributed by atoms with Crippen LogP contribution in [0.4, 0.5) is 0 Å². The lowest BCUT2D eigenvalue weighted by atomic mass is 9.99. The predicted octanol–water partition coefficient (Wildman–Crippen LogP) is 3.12. The number of allylic oxidation sites excluding steroid dienone is 2. The summed E-state index contributed by atoms with van der Waals surface area (Å²) in [6.45, 7) is 7.27. The van der Waals surface area contributed by atoms with Crippen molar-refractivity contribution in [3.8, 4) is 0 Å². The maximum atomic E-state index is 10.5. The van der Waals surface area contributed by atoms with Crippen molar-refractivity contribution in [1.29, 1.82) is 0 Å². The van der Waals surface area contributed by atoms with Gasteiger partial charge in [-0.05, 0) is 25.7 Å². The smallest absolute Gasteiger partial charge is 0.123 e. The van der Waals surface area contributed by atoms with Gasteiger partial charge in [-0.3, -0.25) is 0 Å². The fourth-order valence-corrected chi connectivity index (χ4v) is 1.15. The Labute approximate surface area is 75.2 Å². The molecule has 1 nitrogen and oxygen atoms in total. The van der Waals surface area contributed by atoms with E-state index in [1.165, 1.54) is 0 Å². The molecule has 0 saturated carbocycles. The normalized spacial score (nSPS) is 12.0. The van der Waals surface area contributed by atoms with Crippen LogP contribution in [-0.4, -0.2) is 6.29 Å². The monoisotopic (exact) mass is 166 g/mol. The Balaban J connectivity index is 3.36. The SMILES string of the molecule is C=CCCCCC(C=O)CC=C. The van der Waals surface area contributed by atoms with E-state index in [1.54, 1.807) is 0 Å². The molecule has 0 aromatic rings. The fraction of sp³-hybridized carbons (Fsp3) is 0.545. The molecule has 0 fully saturated rings. The summed E-state index contributed by atoms with van der Waals surface area (Å²) in [5.41, 5.74) is 0. The van der Waals surface area contributed by atoms with E-state index in [9.17, 15) is 4.79 Å². The van der Waals surface area contributed by atoms with E-state index in [-0.39, 0.29) is 5.92 Å². The molecule has 12 heavy (non-hydrogen) atoms. The standard InChI is InChI=1S/C11H18O/c1-3-5-6-7-9-11(10-12)8-4-2/h3-4,10-11H,1-2,5-9H2. The molecule has 0 aliphatic heterocycles. The maximum absolute atomic E-state index is 10.5. The van der Waals surface area contributed by atoms with Crippen LogP contribution in [0, 0.1) is 5.92 Å². The number of carbonyl (C=O) groups is 1. The zero-order valence-electron chi connectivity index (χ0n) is 7.67. The first kappa shape index (κ1) is 11.2. The third-order valence-corrected chi connectivity index (χ3v) is 1.90. The minimum Gasteiger partial charge on any atom is -0.303 e. The van der Waals surface area contributed by atoms with Crippen LogP contribution in [0.1, 0.15) is 32.1 Å². The van der Waals surface area contributed by atoms with Crippen molar-refractivity contribution in [2.24, 2.45) is 5.92 Å². The third-order valence-electron chi connectivity index (χ3n) is 1.90. The zero-order chi connectivity index (χ0) is 9.23. The first-order valence-electron chi connectivity index (χ1n) is 4.52. The zero-order valence-corrected chi connectivity index (χ0v) is 7.67. The number of rotatable bonds is 8. The summed E-state index contributed by atoms with van der Waals surface area (Å²) < 4.78 is 0. The quantitative estimate of drug-likeness (QED) is 0.307. The van der Waals surface area contributed by atoms with Crippen LogP contribution in [0.15, 0.2) is 25.3 Å². The average molecular weight is 166 g/mol. The van der Waals surface area contributed by atoms with Gasteiger partial charge in [0.15, 0.2) is 0 Å². The Hall–Kier alpha value is -0.850. The molecule has 0 heterocycles. The van der Waals surface area contributed by atoms with Gasteiger partial charge in [-0.1, -0.05) is 18.6 Å². The highest BCUT2D eigenvalue weighted by molar-refractivity contribution is 5.53. The third kappa shape index (κ3) is 5.90. The number of hydrogen-bond acceptors (Lipinski definition) is 1. The second-order valence-electron chi connectivity index (χ2n) is 2.99. The van der Waals surface area contributed by atoms with E-state index in [1.807, 2.05) is 12.2 Å². The van der Waals surface area contributed by atoms with Gasteiger partial charge in [-0.15, -0.1) is 13.2 Å². The molecule has 0 N–H and O–H groups in total. The van der Waals surface area contributed by atoms with Gasteiger partial charge in [-0.25, -0.2) is 0 Å². The summed E-state index contributed by atoms with van der Waals surface area (Å²) in [6, 6.07) is 0. The summed E-state index contributed by atoms with van der Waals surface area (Å²) in [5.74, 6) is 0.187. The van der Waals surface area contributed by atoms with Gasteiger partial charge in [0.25, 0.3) is 0 Å². The van der Waals surface area contributed by atoms with E-state index in [0.29, 0.717) is 0 Å². The van der Waals surface area contributed by atoms with Crippen LogP contribution < -0.4 is 0 Å².